The van der Waals surface area contributed by atoms with E-state index in [1.54, 1.807) is 12.1 Å². The minimum atomic E-state index is -0.776. The molecule has 0 aliphatic rings. The van der Waals surface area contributed by atoms with E-state index in [0.717, 1.165) is 12.0 Å². The lowest BCUT2D eigenvalue weighted by Gasteiger charge is -2.24. The Balaban J connectivity index is 2.48. The Morgan fingerprint density at radius 3 is 2.76 bits per heavy atom. The predicted octanol–water partition coefficient (Wildman–Crippen LogP) is 1.73. The zero-order valence-electron chi connectivity index (χ0n) is 10.3. The monoisotopic (exact) mass is 237 g/mol. The summed E-state index contributed by atoms with van der Waals surface area (Å²) in [6.45, 7) is 2.58. The lowest BCUT2D eigenvalue weighted by molar-refractivity contribution is -0.137. The molecular weight excluding hydrogens is 218 g/mol. The molecule has 0 fully saturated rings. The number of hydrogen-bond donors (Lipinski definition) is 2. The molecule has 0 bridgehead atoms. The molecule has 0 saturated heterocycles. The second kappa shape index (κ2) is 6.25. The van der Waals surface area contributed by atoms with Crippen LogP contribution in [0, 0.1) is 0 Å². The number of carboxylic acids is 1. The van der Waals surface area contributed by atoms with Gasteiger partial charge in [0.25, 0.3) is 0 Å². The Bertz CT molecular complexity index is 379. The molecule has 94 valence electrons. The summed E-state index contributed by atoms with van der Waals surface area (Å²) < 4.78 is 0. The number of hydrogen-bond acceptors (Lipinski definition) is 3. The van der Waals surface area contributed by atoms with Gasteiger partial charge in [-0.1, -0.05) is 12.1 Å². The van der Waals surface area contributed by atoms with Crippen LogP contribution in [0.15, 0.2) is 24.3 Å². The van der Waals surface area contributed by atoms with Crippen molar-refractivity contribution in [3.8, 4) is 5.75 Å². The lowest BCUT2D eigenvalue weighted by atomic mass is 10.1. The van der Waals surface area contributed by atoms with Gasteiger partial charge in [0.1, 0.15) is 5.75 Å². The zero-order chi connectivity index (χ0) is 12.8. The molecule has 2 N–H and O–H groups in total. The van der Waals surface area contributed by atoms with Crippen LogP contribution in [0.5, 0.6) is 5.75 Å². The minimum absolute atomic E-state index is 0.154. The second-order valence-electron chi connectivity index (χ2n) is 4.35. The number of carbonyl (C=O) groups is 1. The van der Waals surface area contributed by atoms with Gasteiger partial charge in [-0.05, 0) is 38.1 Å². The number of benzene rings is 1. The van der Waals surface area contributed by atoms with Gasteiger partial charge < -0.3 is 15.1 Å². The first-order valence-electron chi connectivity index (χ1n) is 5.69. The Hall–Kier alpha value is -1.55. The van der Waals surface area contributed by atoms with Gasteiger partial charge in [0, 0.05) is 12.6 Å². The molecule has 17 heavy (non-hydrogen) atoms. The third kappa shape index (κ3) is 4.87. The smallest absolute Gasteiger partial charge is 0.304 e. The van der Waals surface area contributed by atoms with Crippen LogP contribution in [-0.4, -0.2) is 40.7 Å². The van der Waals surface area contributed by atoms with E-state index in [2.05, 4.69) is 0 Å². The van der Waals surface area contributed by atoms with Gasteiger partial charge in [-0.25, -0.2) is 0 Å². The van der Waals surface area contributed by atoms with E-state index in [0.29, 0.717) is 6.54 Å². The maximum Gasteiger partial charge on any atom is 0.304 e. The van der Waals surface area contributed by atoms with E-state index < -0.39 is 5.97 Å². The number of phenols is 1. The van der Waals surface area contributed by atoms with Crippen molar-refractivity contribution in [3.05, 3.63) is 29.8 Å². The highest BCUT2D eigenvalue weighted by atomic mass is 16.4. The summed E-state index contributed by atoms with van der Waals surface area (Å²) in [6, 6.07) is 7.40. The molecule has 0 aromatic heterocycles. The first-order valence-corrected chi connectivity index (χ1v) is 5.69. The van der Waals surface area contributed by atoms with Crippen molar-refractivity contribution < 1.29 is 15.0 Å². The summed E-state index contributed by atoms with van der Waals surface area (Å²) in [6.07, 6.45) is 0.950. The first-order chi connectivity index (χ1) is 7.99. The SMILES string of the molecule is CC(Cc1cccc(O)c1)N(C)CCC(=O)O. The third-order valence-corrected chi connectivity index (χ3v) is 2.87. The molecular formula is C13H19NO3. The predicted molar refractivity (Wildman–Crippen MR) is 66.2 cm³/mol. The van der Waals surface area contributed by atoms with Crippen LogP contribution in [0.1, 0.15) is 18.9 Å². The summed E-state index contributed by atoms with van der Waals surface area (Å²) in [5, 5.41) is 18.0. The summed E-state index contributed by atoms with van der Waals surface area (Å²) in [5.41, 5.74) is 1.06. The lowest BCUT2D eigenvalue weighted by Crippen LogP contribution is -2.32. The van der Waals surface area contributed by atoms with Gasteiger partial charge in [0.2, 0.25) is 0 Å². The van der Waals surface area contributed by atoms with Crippen LogP contribution in [0.2, 0.25) is 0 Å². The largest absolute Gasteiger partial charge is 0.508 e. The second-order valence-corrected chi connectivity index (χ2v) is 4.35. The van der Waals surface area contributed by atoms with Crippen molar-refractivity contribution in [2.75, 3.05) is 13.6 Å². The van der Waals surface area contributed by atoms with E-state index in [1.165, 1.54) is 0 Å². The van der Waals surface area contributed by atoms with Crippen molar-refractivity contribution in [2.24, 2.45) is 0 Å². The highest BCUT2D eigenvalue weighted by Crippen LogP contribution is 2.14. The van der Waals surface area contributed by atoms with Gasteiger partial charge in [-0.3, -0.25) is 4.79 Å². The van der Waals surface area contributed by atoms with Crippen LogP contribution in [0.25, 0.3) is 0 Å². The maximum absolute atomic E-state index is 10.5. The molecule has 1 atom stereocenters. The summed E-state index contributed by atoms with van der Waals surface area (Å²) in [4.78, 5) is 12.5. The van der Waals surface area contributed by atoms with Gasteiger partial charge in [-0.15, -0.1) is 0 Å². The molecule has 0 heterocycles. The van der Waals surface area contributed by atoms with Gasteiger partial charge in [0.15, 0.2) is 0 Å². The summed E-state index contributed by atoms with van der Waals surface area (Å²) >= 11 is 0. The number of likely N-dealkylation sites (N-methyl/N-ethyl adjacent to an activating group) is 1. The number of nitrogens with zero attached hydrogens (tertiary/aromatic N) is 1. The fourth-order valence-corrected chi connectivity index (χ4v) is 1.67. The quantitative estimate of drug-likeness (QED) is 0.791. The molecule has 4 nitrogen and oxygen atoms in total. The van der Waals surface area contributed by atoms with Gasteiger partial charge >= 0.3 is 5.97 Å². The van der Waals surface area contributed by atoms with E-state index >= 15 is 0 Å². The zero-order valence-corrected chi connectivity index (χ0v) is 10.3. The Labute approximate surface area is 101 Å². The fourth-order valence-electron chi connectivity index (χ4n) is 1.67. The van der Waals surface area contributed by atoms with Crippen molar-refractivity contribution >= 4 is 5.97 Å². The van der Waals surface area contributed by atoms with Crippen LogP contribution < -0.4 is 0 Å². The van der Waals surface area contributed by atoms with Crippen molar-refractivity contribution in [1.29, 1.82) is 0 Å². The molecule has 0 aliphatic carbocycles. The van der Waals surface area contributed by atoms with E-state index in [1.807, 2.05) is 31.0 Å². The van der Waals surface area contributed by atoms with Crippen molar-refractivity contribution in [3.63, 3.8) is 0 Å². The van der Waals surface area contributed by atoms with E-state index in [-0.39, 0.29) is 18.2 Å². The molecule has 0 amide bonds. The van der Waals surface area contributed by atoms with Crippen molar-refractivity contribution in [2.45, 2.75) is 25.8 Å². The number of aromatic hydroxyl groups is 1. The molecule has 1 aromatic rings. The standard InChI is InChI=1S/C13H19NO3/c1-10(14(2)7-6-13(16)17)8-11-4-3-5-12(15)9-11/h3-5,9-10,15H,6-8H2,1-2H3,(H,16,17). The van der Waals surface area contributed by atoms with Crippen LogP contribution in [-0.2, 0) is 11.2 Å². The fraction of sp³-hybridized carbons (Fsp3) is 0.462. The van der Waals surface area contributed by atoms with E-state index in [4.69, 9.17) is 5.11 Å². The normalized spacial score (nSPS) is 12.6. The Kier molecular flexibility index (Phi) is 4.97. The van der Waals surface area contributed by atoms with Gasteiger partial charge in [-0.2, -0.15) is 0 Å². The highest BCUT2D eigenvalue weighted by Gasteiger charge is 2.11. The number of phenolic OH excluding ortho intramolecular Hbond substituents is 1. The first kappa shape index (κ1) is 13.5. The molecule has 1 unspecified atom stereocenters. The number of aliphatic carboxylic acids is 1. The highest BCUT2D eigenvalue weighted by molar-refractivity contribution is 5.66. The van der Waals surface area contributed by atoms with E-state index in [9.17, 15) is 9.90 Å². The number of carboxylic acid groups (broad SMARTS) is 1. The van der Waals surface area contributed by atoms with Crippen LogP contribution in [0.4, 0.5) is 0 Å². The molecule has 0 spiro atoms. The third-order valence-electron chi connectivity index (χ3n) is 2.87. The van der Waals surface area contributed by atoms with Crippen molar-refractivity contribution in [1.82, 2.24) is 4.90 Å². The Morgan fingerprint density at radius 2 is 2.18 bits per heavy atom. The Morgan fingerprint density at radius 1 is 1.47 bits per heavy atom. The molecule has 1 aromatic carbocycles. The van der Waals surface area contributed by atoms with Crippen LogP contribution >= 0.6 is 0 Å². The molecule has 4 heteroatoms. The molecule has 1 rings (SSSR count). The summed E-state index contributed by atoms with van der Waals surface area (Å²) in [7, 11) is 1.91. The number of rotatable bonds is 6. The van der Waals surface area contributed by atoms with Gasteiger partial charge in [0.05, 0.1) is 6.42 Å². The van der Waals surface area contributed by atoms with Crippen LogP contribution in [0.3, 0.4) is 0 Å². The maximum atomic E-state index is 10.5. The average molecular weight is 237 g/mol. The minimum Gasteiger partial charge on any atom is -0.508 e. The topological polar surface area (TPSA) is 60.8 Å². The average Bonchev–Trinajstić information content (AvgIpc) is 2.25. The molecule has 0 radical (unpaired) electrons. The molecule has 0 aliphatic heterocycles. The molecule has 0 saturated carbocycles. The summed E-state index contributed by atoms with van der Waals surface area (Å²) in [5.74, 6) is -0.510.